The molecule has 0 saturated heterocycles. The summed E-state index contributed by atoms with van der Waals surface area (Å²) in [6, 6.07) is 5.27. The van der Waals surface area contributed by atoms with E-state index in [1.807, 2.05) is 0 Å². The summed E-state index contributed by atoms with van der Waals surface area (Å²) < 4.78 is 43.0. The van der Waals surface area contributed by atoms with E-state index >= 15 is 0 Å². The number of benzene rings is 1. The lowest BCUT2D eigenvalue weighted by atomic mass is 9.62. The molecule has 1 atom stereocenters. The molecule has 1 aromatic carbocycles. The first-order chi connectivity index (χ1) is 9.87. The van der Waals surface area contributed by atoms with Gasteiger partial charge in [-0.15, -0.1) is 0 Å². The molecule has 0 heterocycles. The van der Waals surface area contributed by atoms with E-state index in [1.54, 1.807) is 6.92 Å². The molecule has 0 amide bonds. The normalized spacial score (nSPS) is 30.9. The quantitative estimate of drug-likeness (QED) is 0.790. The summed E-state index contributed by atoms with van der Waals surface area (Å²) in [6.07, 6.45) is -1.78. The van der Waals surface area contributed by atoms with Crippen LogP contribution in [0.15, 0.2) is 24.3 Å². The van der Waals surface area contributed by atoms with E-state index in [1.165, 1.54) is 12.1 Å². The number of carbonyl (C=O) groups is 1. The third-order valence-electron chi connectivity index (χ3n) is 4.90. The van der Waals surface area contributed by atoms with Crippen molar-refractivity contribution >= 4 is 5.97 Å². The second-order valence-electron chi connectivity index (χ2n) is 6.05. The molecule has 21 heavy (non-hydrogen) atoms. The Kier molecular flexibility index (Phi) is 3.26. The number of alkyl halides is 3. The van der Waals surface area contributed by atoms with E-state index in [2.05, 4.69) is 0 Å². The number of ether oxygens (including phenoxy) is 1. The highest BCUT2D eigenvalue weighted by Gasteiger charge is 2.61. The molecular formula is C16H17F3O2. The van der Waals surface area contributed by atoms with E-state index in [0.29, 0.717) is 12.5 Å². The average molecular weight is 298 g/mol. The minimum Gasteiger partial charge on any atom is -0.466 e. The van der Waals surface area contributed by atoms with Crippen molar-refractivity contribution in [1.82, 2.24) is 0 Å². The first-order valence-corrected chi connectivity index (χ1v) is 7.21. The van der Waals surface area contributed by atoms with Crippen molar-refractivity contribution < 1.29 is 22.7 Å². The van der Waals surface area contributed by atoms with Crippen LogP contribution in [0.1, 0.15) is 37.3 Å². The second kappa shape index (κ2) is 4.75. The molecule has 4 rings (SSSR count). The SMILES string of the molecule is CCOC(=O)C1CC2CC1(c1ccc(C(F)(F)F)cc1)C2. The largest absolute Gasteiger partial charge is 0.466 e. The van der Waals surface area contributed by atoms with E-state index in [4.69, 9.17) is 4.74 Å². The summed E-state index contributed by atoms with van der Waals surface area (Å²) in [5, 5.41) is 0. The maximum atomic E-state index is 12.6. The Morgan fingerprint density at radius 1 is 1.29 bits per heavy atom. The fourth-order valence-corrected chi connectivity index (χ4v) is 3.97. The van der Waals surface area contributed by atoms with E-state index in [0.717, 1.165) is 37.0 Å². The molecule has 0 radical (unpaired) electrons. The molecule has 5 heteroatoms. The van der Waals surface area contributed by atoms with Crippen molar-refractivity contribution in [1.29, 1.82) is 0 Å². The summed E-state index contributed by atoms with van der Waals surface area (Å²) >= 11 is 0. The van der Waals surface area contributed by atoms with Gasteiger partial charge in [-0.3, -0.25) is 4.79 Å². The van der Waals surface area contributed by atoms with Gasteiger partial charge in [0.25, 0.3) is 0 Å². The predicted octanol–water partition coefficient (Wildman–Crippen LogP) is 3.94. The van der Waals surface area contributed by atoms with Crippen LogP contribution in [0, 0.1) is 11.8 Å². The van der Waals surface area contributed by atoms with Gasteiger partial charge in [-0.2, -0.15) is 13.2 Å². The molecule has 3 aliphatic carbocycles. The van der Waals surface area contributed by atoms with Gasteiger partial charge in [0.05, 0.1) is 18.1 Å². The van der Waals surface area contributed by atoms with Gasteiger partial charge < -0.3 is 4.74 Å². The second-order valence-corrected chi connectivity index (χ2v) is 6.05. The Morgan fingerprint density at radius 2 is 1.90 bits per heavy atom. The van der Waals surface area contributed by atoms with Crippen LogP contribution >= 0.6 is 0 Å². The van der Waals surface area contributed by atoms with Gasteiger partial charge in [0.1, 0.15) is 0 Å². The van der Waals surface area contributed by atoms with Gasteiger partial charge in [0.2, 0.25) is 0 Å². The lowest BCUT2D eigenvalue weighted by Crippen LogP contribution is -2.40. The molecule has 0 aliphatic heterocycles. The molecule has 114 valence electrons. The van der Waals surface area contributed by atoms with Crippen molar-refractivity contribution in [2.24, 2.45) is 11.8 Å². The summed E-state index contributed by atoms with van der Waals surface area (Å²) in [4.78, 5) is 12.1. The van der Waals surface area contributed by atoms with Gasteiger partial charge >= 0.3 is 12.1 Å². The first kappa shape index (κ1) is 14.4. The van der Waals surface area contributed by atoms with E-state index in [-0.39, 0.29) is 17.3 Å². The first-order valence-electron chi connectivity index (χ1n) is 7.21. The standard InChI is InChI=1S/C16H17F3O2/c1-2-21-14(20)13-7-10-8-15(13,9-10)11-3-5-12(6-4-11)16(17,18)19/h3-6,10,13H,2,7-9H2,1H3. The number of fused-ring (bicyclic) bond motifs is 1. The Balaban J connectivity index is 1.87. The van der Waals surface area contributed by atoms with Crippen LogP contribution in [0.4, 0.5) is 13.2 Å². The van der Waals surface area contributed by atoms with Crippen LogP contribution in [-0.2, 0) is 21.1 Å². The summed E-state index contributed by atoms with van der Waals surface area (Å²) in [5.74, 6) is 0.0817. The zero-order valence-corrected chi connectivity index (χ0v) is 11.7. The maximum Gasteiger partial charge on any atom is 0.416 e. The molecule has 3 fully saturated rings. The Morgan fingerprint density at radius 3 is 2.43 bits per heavy atom. The Labute approximate surface area is 121 Å². The fraction of sp³-hybridized carbons (Fsp3) is 0.562. The summed E-state index contributed by atoms with van der Waals surface area (Å²) in [5.41, 5.74) is -0.118. The van der Waals surface area contributed by atoms with Crippen molar-refractivity contribution in [3.63, 3.8) is 0 Å². The third-order valence-corrected chi connectivity index (χ3v) is 4.90. The van der Waals surface area contributed by atoms with Crippen molar-refractivity contribution in [2.45, 2.75) is 37.8 Å². The highest BCUT2D eigenvalue weighted by molar-refractivity contribution is 5.76. The smallest absolute Gasteiger partial charge is 0.416 e. The molecule has 1 aromatic rings. The van der Waals surface area contributed by atoms with Gasteiger partial charge in [0.15, 0.2) is 0 Å². The average Bonchev–Trinajstić information content (AvgIpc) is 2.93. The lowest BCUT2D eigenvalue weighted by Gasteiger charge is -2.41. The molecule has 1 unspecified atom stereocenters. The number of halogens is 3. The van der Waals surface area contributed by atoms with Crippen molar-refractivity contribution in [3.05, 3.63) is 35.4 Å². The van der Waals surface area contributed by atoms with Gasteiger partial charge in [-0.25, -0.2) is 0 Å². The van der Waals surface area contributed by atoms with Crippen LogP contribution in [-0.4, -0.2) is 12.6 Å². The zero-order valence-electron chi connectivity index (χ0n) is 11.7. The molecule has 3 aliphatic rings. The van der Waals surface area contributed by atoms with Crippen LogP contribution in [0.5, 0.6) is 0 Å². The number of hydrogen-bond acceptors (Lipinski definition) is 2. The fourth-order valence-electron chi connectivity index (χ4n) is 3.97. The minimum atomic E-state index is -4.32. The number of carbonyl (C=O) groups excluding carboxylic acids is 1. The predicted molar refractivity (Wildman–Crippen MR) is 70.6 cm³/mol. The molecule has 0 aromatic heterocycles. The van der Waals surface area contributed by atoms with Crippen LogP contribution < -0.4 is 0 Å². The minimum absolute atomic E-state index is 0.209. The van der Waals surface area contributed by atoms with Crippen LogP contribution in [0.2, 0.25) is 0 Å². The molecule has 3 saturated carbocycles. The molecule has 2 bridgehead atoms. The molecule has 0 N–H and O–H groups in total. The van der Waals surface area contributed by atoms with Gasteiger partial charge in [0, 0.05) is 5.41 Å². The third kappa shape index (κ3) is 2.23. The van der Waals surface area contributed by atoms with Crippen molar-refractivity contribution in [3.8, 4) is 0 Å². The number of hydrogen-bond donors (Lipinski definition) is 0. The van der Waals surface area contributed by atoms with Gasteiger partial charge in [-0.1, -0.05) is 12.1 Å². The monoisotopic (exact) mass is 298 g/mol. The number of esters is 1. The Hall–Kier alpha value is -1.52. The highest BCUT2D eigenvalue weighted by atomic mass is 19.4. The van der Waals surface area contributed by atoms with Gasteiger partial charge in [-0.05, 0) is 49.8 Å². The van der Waals surface area contributed by atoms with E-state index < -0.39 is 11.7 Å². The lowest BCUT2D eigenvalue weighted by molar-refractivity contribution is -0.149. The molecule has 2 nitrogen and oxygen atoms in total. The number of rotatable bonds is 3. The highest BCUT2D eigenvalue weighted by Crippen LogP contribution is 2.63. The van der Waals surface area contributed by atoms with E-state index in [9.17, 15) is 18.0 Å². The van der Waals surface area contributed by atoms with Crippen LogP contribution in [0.25, 0.3) is 0 Å². The summed E-state index contributed by atoms with van der Waals surface area (Å²) in [7, 11) is 0. The molecule has 0 spiro atoms. The van der Waals surface area contributed by atoms with Crippen molar-refractivity contribution in [2.75, 3.05) is 6.61 Å². The molecular weight excluding hydrogens is 281 g/mol. The Bertz CT molecular complexity index is 542. The zero-order chi connectivity index (χ0) is 15.3. The van der Waals surface area contributed by atoms with Crippen LogP contribution in [0.3, 0.4) is 0 Å². The maximum absolute atomic E-state index is 12.6. The summed E-state index contributed by atoms with van der Waals surface area (Å²) in [6.45, 7) is 2.10. The topological polar surface area (TPSA) is 26.3 Å².